The van der Waals surface area contributed by atoms with Crippen LogP contribution in [-0.4, -0.2) is 80.7 Å². The minimum Gasteiger partial charge on any atom is -0.437 e. The Morgan fingerprint density at radius 1 is 0.690 bits per heavy atom. The maximum absolute atomic E-state index is 6.80. The molecule has 1 aliphatic heterocycles. The van der Waals surface area contributed by atoms with Crippen LogP contribution in [0.4, 0.5) is 0 Å². The van der Waals surface area contributed by atoms with Crippen LogP contribution in [0.5, 0.6) is 0 Å². The van der Waals surface area contributed by atoms with Gasteiger partial charge in [-0.15, -0.1) is 0 Å². The zero-order valence-corrected chi connectivity index (χ0v) is 25.5. The Bertz CT molecular complexity index is 507. The first-order valence-corrected chi connectivity index (χ1v) is 25.2. The first-order valence-electron chi connectivity index (χ1n) is 10.5. The van der Waals surface area contributed by atoms with E-state index in [0.717, 1.165) is 6.61 Å². The molecule has 0 spiro atoms. The molecule has 0 aromatic carbocycles. The molecular weight excluding hydrogens is 457 g/mol. The number of ether oxygens (including phenoxy) is 3. The van der Waals surface area contributed by atoms with Gasteiger partial charge in [0.2, 0.25) is 0 Å². The van der Waals surface area contributed by atoms with Gasteiger partial charge in [0, 0.05) is 6.61 Å². The van der Waals surface area contributed by atoms with Gasteiger partial charge in [-0.3, -0.25) is 0 Å². The van der Waals surface area contributed by atoms with Gasteiger partial charge in [0.15, 0.2) is 16.6 Å². The smallest absolute Gasteiger partial charge is 0.344 e. The van der Waals surface area contributed by atoms with E-state index in [1.807, 2.05) is 6.92 Å². The van der Waals surface area contributed by atoms with Gasteiger partial charge in [0.05, 0.1) is 25.7 Å². The highest BCUT2D eigenvalue weighted by atomic mass is 28.5. The van der Waals surface area contributed by atoms with Crippen LogP contribution >= 0.6 is 0 Å². The third-order valence-corrected chi connectivity index (χ3v) is 20.8. The Labute approximate surface area is 183 Å². The van der Waals surface area contributed by atoms with E-state index >= 15 is 0 Å². The molecule has 1 aliphatic rings. The Morgan fingerprint density at radius 3 is 1.62 bits per heavy atom. The van der Waals surface area contributed by atoms with Crippen molar-refractivity contribution in [1.82, 2.24) is 0 Å². The molecule has 12 heteroatoms. The quantitative estimate of drug-likeness (QED) is 0.248. The molecule has 3 atom stereocenters. The summed E-state index contributed by atoms with van der Waals surface area (Å²) in [6.45, 7) is 25.5. The van der Waals surface area contributed by atoms with Crippen LogP contribution in [0.1, 0.15) is 6.92 Å². The van der Waals surface area contributed by atoms with Crippen LogP contribution in [0.3, 0.4) is 0 Å². The maximum atomic E-state index is 6.80. The fourth-order valence-corrected chi connectivity index (χ4v) is 25.9. The normalized spacial score (nSPS) is 22.2. The van der Waals surface area contributed by atoms with E-state index in [-0.39, 0.29) is 6.10 Å². The minimum absolute atomic E-state index is 0.222. The average molecular weight is 501 g/mol. The first-order chi connectivity index (χ1) is 13.0. The first kappa shape index (κ1) is 27.8. The van der Waals surface area contributed by atoms with Crippen LogP contribution in [0.25, 0.3) is 0 Å². The molecule has 0 amide bonds. The van der Waals surface area contributed by atoms with Gasteiger partial charge >= 0.3 is 25.7 Å². The summed E-state index contributed by atoms with van der Waals surface area (Å²) in [5.74, 6) is 0. The standard InChI is InChI=1S/C17H44O7Si5/c1-12-18-15-29(11,23-27(8,9)21-25(2,3)4)24-28(10,22-26(5,6)7)16-19-13-17-14-20-17/h17H,12-16H2,1-11H3. The molecule has 7 nitrogen and oxygen atoms in total. The average Bonchev–Trinajstić information content (AvgIpc) is 3.23. The summed E-state index contributed by atoms with van der Waals surface area (Å²) in [6.07, 6.45) is 1.14. The summed E-state index contributed by atoms with van der Waals surface area (Å²) in [6, 6.07) is 0. The fraction of sp³-hybridized carbons (Fsp3) is 1.00. The summed E-state index contributed by atoms with van der Waals surface area (Å²) < 4.78 is 43.5. The van der Waals surface area contributed by atoms with E-state index in [1.54, 1.807) is 0 Å². The highest BCUT2D eigenvalue weighted by Gasteiger charge is 2.50. The Balaban J connectivity index is 2.98. The third-order valence-electron chi connectivity index (χ3n) is 3.61. The zero-order valence-electron chi connectivity index (χ0n) is 20.5. The van der Waals surface area contributed by atoms with Gasteiger partial charge < -0.3 is 30.7 Å². The highest BCUT2D eigenvalue weighted by molar-refractivity contribution is 6.90. The lowest BCUT2D eigenvalue weighted by molar-refractivity contribution is 0.119. The van der Waals surface area contributed by atoms with Crippen molar-refractivity contribution in [3.05, 3.63) is 0 Å². The molecule has 1 rings (SSSR count). The Hall–Kier alpha value is 0.804. The van der Waals surface area contributed by atoms with Crippen molar-refractivity contribution in [3.8, 4) is 0 Å². The molecule has 174 valence electrons. The fourth-order valence-electron chi connectivity index (χ4n) is 3.37. The predicted octanol–water partition coefficient (Wildman–Crippen LogP) is 4.10. The van der Waals surface area contributed by atoms with E-state index in [0.29, 0.717) is 25.7 Å². The number of rotatable bonds is 15. The van der Waals surface area contributed by atoms with Gasteiger partial charge in [-0.25, -0.2) is 0 Å². The second-order valence-electron chi connectivity index (χ2n) is 10.4. The van der Waals surface area contributed by atoms with Gasteiger partial charge in [-0.2, -0.15) is 0 Å². The molecule has 1 heterocycles. The van der Waals surface area contributed by atoms with E-state index in [4.69, 9.17) is 30.7 Å². The van der Waals surface area contributed by atoms with Crippen LogP contribution in [-0.2, 0) is 30.7 Å². The molecule has 0 aromatic heterocycles. The van der Waals surface area contributed by atoms with Crippen molar-refractivity contribution in [2.24, 2.45) is 0 Å². The molecule has 1 saturated heterocycles. The summed E-state index contributed by atoms with van der Waals surface area (Å²) in [5.41, 5.74) is 0. The minimum atomic E-state index is -2.72. The SMILES string of the molecule is CCOC[Si](C)(O[Si](C)(C)O[Si](C)(C)C)O[Si](C)(COCC1CO1)O[Si](C)(C)C. The second kappa shape index (κ2) is 10.6. The number of epoxide rings is 1. The third kappa shape index (κ3) is 13.1. The summed E-state index contributed by atoms with van der Waals surface area (Å²) >= 11 is 0. The highest BCUT2D eigenvalue weighted by Crippen LogP contribution is 2.27. The van der Waals surface area contributed by atoms with Crippen molar-refractivity contribution in [1.29, 1.82) is 0 Å². The van der Waals surface area contributed by atoms with Crippen molar-refractivity contribution in [3.63, 3.8) is 0 Å². The van der Waals surface area contributed by atoms with Gasteiger partial charge in [-0.05, 0) is 72.4 Å². The summed E-state index contributed by atoms with van der Waals surface area (Å²) in [5, 5.41) is 0. The Kier molecular flexibility index (Phi) is 10.2. The molecule has 3 unspecified atom stereocenters. The topological polar surface area (TPSA) is 67.9 Å². The lowest BCUT2D eigenvalue weighted by Crippen LogP contribution is -2.63. The zero-order chi connectivity index (χ0) is 22.6. The van der Waals surface area contributed by atoms with Crippen LogP contribution in [0.15, 0.2) is 0 Å². The molecule has 0 aromatic rings. The predicted molar refractivity (Wildman–Crippen MR) is 129 cm³/mol. The largest absolute Gasteiger partial charge is 0.437 e. The monoisotopic (exact) mass is 500 g/mol. The van der Waals surface area contributed by atoms with Crippen molar-refractivity contribution < 1.29 is 30.7 Å². The van der Waals surface area contributed by atoms with Crippen molar-refractivity contribution >= 4 is 42.3 Å². The van der Waals surface area contributed by atoms with E-state index < -0.39 is 42.3 Å². The van der Waals surface area contributed by atoms with E-state index in [1.165, 1.54) is 0 Å². The summed E-state index contributed by atoms with van der Waals surface area (Å²) in [7, 11) is -11.3. The van der Waals surface area contributed by atoms with Crippen molar-refractivity contribution in [2.45, 2.75) is 78.5 Å². The lowest BCUT2D eigenvalue weighted by Gasteiger charge is -2.43. The molecule has 0 radical (unpaired) electrons. The lowest BCUT2D eigenvalue weighted by atomic mass is 10.5. The van der Waals surface area contributed by atoms with Crippen LogP contribution in [0.2, 0.25) is 65.5 Å². The van der Waals surface area contributed by atoms with Gasteiger partial charge in [0.1, 0.15) is 6.10 Å². The van der Waals surface area contributed by atoms with E-state index in [9.17, 15) is 0 Å². The maximum Gasteiger partial charge on any atom is 0.344 e. The Morgan fingerprint density at radius 2 is 1.17 bits per heavy atom. The molecule has 0 aliphatic carbocycles. The second-order valence-corrected chi connectivity index (χ2v) is 30.0. The number of hydrogen-bond acceptors (Lipinski definition) is 7. The molecule has 0 saturated carbocycles. The van der Waals surface area contributed by atoms with Crippen LogP contribution < -0.4 is 0 Å². The molecular formula is C17H44O7Si5. The number of hydrogen-bond donors (Lipinski definition) is 0. The molecule has 1 fully saturated rings. The van der Waals surface area contributed by atoms with Gasteiger partial charge in [-0.1, -0.05) is 0 Å². The molecule has 29 heavy (non-hydrogen) atoms. The van der Waals surface area contributed by atoms with Gasteiger partial charge in [0.25, 0.3) is 0 Å². The molecule has 0 bridgehead atoms. The summed E-state index contributed by atoms with van der Waals surface area (Å²) in [4.78, 5) is 0. The van der Waals surface area contributed by atoms with Crippen molar-refractivity contribution in [2.75, 3.05) is 32.3 Å². The molecule has 0 N–H and O–H groups in total. The van der Waals surface area contributed by atoms with Crippen LogP contribution in [0, 0.1) is 0 Å². The van der Waals surface area contributed by atoms with E-state index in [2.05, 4.69) is 65.5 Å².